The van der Waals surface area contributed by atoms with Crippen molar-refractivity contribution < 1.29 is 18.9 Å². The number of rotatable bonds is 4. The molecule has 2 atom stereocenters. The lowest BCUT2D eigenvalue weighted by molar-refractivity contribution is -0.899. The van der Waals surface area contributed by atoms with Crippen LogP contribution >= 0.6 is 0 Å². The fraction of sp³-hybridized carbons (Fsp3) is 0.556. The van der Waals surface area contributed by atoms with Crippen LogP contribution in [-0.4, -0.2) is 62.5 Å². The number of benzene rings is 1. The third-order valence-corrected chi connectivity index (χ3v) is 5.25. The molecule has 0 bridgehead atoms. The zero-order valence-corrected chi connectivity index (χ0v) is 14.4. The number of primary amides is 1. The predicted octanol–water partition coefficient (Wildman–Crippen LogP) is -0.745. The Labute approximate surface area is 147 Å². The van der Waals surface area contributed by atoms with Gasteiger partial charge in [-0.15, -0.1) is 0 Å². The summed E-state index contributed by atoms with van der Waals surface area (Å²) in [4.78, 5) is 28.9. The second kappa shape index (κ2) is 7.82. The van der Waals surface area contributed by atoms with Crippen molar-refractivity contribution in [2.75, 3.05) is 50.7 Å². The van der Waals surface area contributed by atoms with E-state index >= 15 is 0 Å². The molecule has 0 saturated carbocycles. The molecule has 25 heavy (non-hydrogen) atoms. The fourth-order valence-electron chi connectivity index (χ4n) is 3.79. The lowest BCUT2D eigenvalue weighted by atomic mass is 9.97. The monoisotopic (exact) mass is 349 g/mol. The van der Waals surface area contributed by atoms with Gasteiger partial charge in [-0.25, -0.2) is 4.39 Å². The van der Waals surface area contributed by atoms with Crippen molar-refractivity contribution in [3.63, 3.8) is 0 Å². The molecule has 3 N–H and O–H groups in total. The van der Waals surface area contributed by atoms with Gasteiger partial charge in [0.25, 0.3) is 5.91 Å². The van der Waals surface area contributed by atoms with Crippen molar-refractivity contribution in [3.05, 3.63) is 30.1 Å². The highest BCUT2D eigenvalue weighted by atomic mass is 19.1. The molecule has 6 nitrogen and oxygen atoms in total. The van der Waals surface area contributed by atoms with Crippen molar-refractivity contribution in [1.29, 1.82) is 0 Å². The van der Waals surface area contributed by atoms with Crippen LogP contribution < -0.4 is 15.5 Å². The third-order valence-electron chi connectivity index (χ3n) is 5.25. The Balaban J connectivity index is 1.50. The van der Waals surface area contributed by atoms with Gasteiger partial charge in [0, 0.05) is 26.2 Å². The Bertz CT molecular complexity index is 631. The topological polar surface area (TPSA) is 71.1 Å². The minimum Gasteiger partial charge on any atom is -0.369 e. The summed E-state index contributed by atoms with van der Waals surface area (Å²) in [5.41, 5.74) is 6.00. The summed E-state index contributed by atoms with van der Waals surface area (Å²) in [6.45, 7) is 4.42. The van der Waals surface area contributed by atoms with Crippen molar-refractivity contribution >= 4 is 17.5 Å². The van der Waals surface area contributed by atoms with Crippen LogP contribution in [-0.2, 0) is 9.59 Å². The second-order valence-corrected chi connectivity index (χ2v) is 6.94. The summed E-state index contributed by atoms with van der Waals surface area (Å²) in [6.07, 6.45) is 1.76. The van der Waals surface area contributed by atoms with Crippen molar-refractivity contribution in [2.45, 2.75) is 12.8 Å². The number of nitrogens with two attached hydrogens (primary N) is 1. The highest BCUT2D eigenvalue weighted by Gasteiger charge is 2.30. The molecule has 2 fully saturated rings. The smallest absolute Gasteiger partial charge is 0.277 e. The van der Waals surface area contributed by atoms with Gasteiger partial charge in [0.1, 0.15) is 5.82 Å². The van der Waals surface area contributed by atoms with E-state index in [1.54, 1.807) is 12.1 Å². The number of hydrogen-bond acceptors (Lipinski definition) is 3. The van der Waals surface area contributed by atoms with Crippen molar-refractivity contribution in [3.8, 4) is 0 Å². The van der Waals surface area contributed by atoms with Gasteiger partial charge in [0.15, 0.2) is 6.54 Å². The first-order valence-electron chi connectivity index (χ1n) is 8.94. The van der Waals surface area contributed by atoms with Crippen LogP contribution in [0, 0.1) is 11.7 Å². The Morgan fingerprint density at radius 1 is 1.20 bits per heavy atom. The second-order valence-electron chi connectivity index (χ2n) is 6.94. The minimum absolute atomic E-state index is 0.105. The number of nitrogens with one attached hydrogen (secondary N) is 1. The van der Waals surface area contributed by atoms with E-state index in [0.717, 1.165) is 24.3 Å². The summed E-state index contributed by atoms with van der Waals surface area (Å²) >= 11 is 0. The van der Waals surface area contributed by atoms with E-state index in [1.165, 1.54) is 6.07 Å². The SMILES string of the molecule is NC(=O)[C@@H]1CCC[NH+](CC(=O)N2CCN(c3ccccc3F)CC2)C1. The summed E-state index contributed by atoms with van der Waals surface area (Å²) in [6, 6.07) is 6.74. The van der Waals surface area contributed by atoms with Crippen molar-refractivity contribution in [1.82, 2.24) is 4.90 Å². The normalized spacial score (nSPS) is 24.2. The molecular formula is C18H26FN4O2+. The molecule has 1 unspecified atom stereocenters. The molecule has 2 heterocycles. The Kier molecular flexibility index (Phi) is 5.53. The Morgan fingerprint density at radius 2 is 1.92 bits per heavy atom. The first-order valence-corrected chi connectivity index (χ1v) is 8.94. The zero-order chi connectivity index (χ0) is 17.8. The molecule has 2 amide bonds. The van der Waals surface area contributed by atoms with Crippen LogP contribution in [0.3, 0.4) is 0 Å². The predicted molar refractivity (Wildman–Crippen MR) is 92.7 cm³/mol. The highest BCUT2D eigenvalue weighted by molar-refractivity contribution is 5.78. The number of quaternary nitrogens is 1. The third kappa shape index (κ3) is 4.28. The van der Waals surface area contributed by atoms with E-state index < -0.39 is 0 Å². The van der Waals surface area contributed by atoms with Gasteiger partial charge < -0.3 is 20.4 Å². The average Bonchev–Trinajstić information content (AvgIpc) is 2.62. The van der Waals surface area contributed by atoms with E-state index in [2.05, 4.69) is 0 Å². The van der Waals surface area contributed by atoms with Gasteiger partial charge in [0.05, 0.1) is 24.7 Å². The van der Waals surface area contributed by atoms with E-state index in [1.807, 2.05) is 15.9 Å². The van der Waals surface area contributed by atoms with E-state index in [4.69, 9.17) is 5.73 Å². The molecule has 0 radical (unpaired) electrons. The fourth-order valence-corrected chi connectivity index (χ4v) is 3.79. The molecule has 0 aliphatic carbocycles. The van der Waals surface area contributed by atoms with Gasteiger partial charge in [-0.1, -0.05) is 12.1 Å². The number of carbonyl (C=O) groups excluding carboxylic acids is 2. The largest absolute Gasteiger partial charge is 0.369 e. The van der Waals surface area contributed by atoms with E-state index in [9.17, 15) is 14.0 Å². The number of halogens is 1. The lowest BCUT2D eigenvalue weighted by Crippen LogP contribution is -3.15. The van der Waals surface area contributed by atoms with Crippen LogP contribution in [0.25, 0.3) is 0 Å². The molecular weight excluding hydrogens is 323 g/mol. The van der Waals surface area contributed by atoms with Crippen LogP contribution in [0.1, 0.15) is 12.8 Å². The van der Waals surface area contributed by atoms with Gasteiger partial charge >= 0.3 is 0 Å². The summed E-state index contributed by atoms with van der Waals surface area (Å²) in [5, 5.41) is 0. The number of nitrogens with zero attached hydrogens (tertiary/aromatic N) is 2. The Hall–Kier alpha value is -2.15. The van der Waals surface area contributed by atoms with Gasteiger partial charge in [-0.3, -0.25) is 9.59 Å². The molecule has 136 valence electrons. The zero-order valence-electron chi connectivity index (χ0n) is 14.4. The van der Waals surface area contributed by atoms with Crippen LogP contribution in [0.15, 0.2) is 24.3 Å². The van der Waals surface area contributed by atoms with Crippen molar-refractivity contribution in [2.24, 2.45) is 11.7 Å². The minimum atomic E-state index is -0.261. The van der Waals surface area contributed by atoms with Gasteiger partial charge in [-0.05, 0) is 25.0 Å². The quantitative estimate of drug-likeness (QED) is 0.752. The number of likely N-dealkylation sites (tertiary alicyclic amines) is 1. The molecule has 1 aromatic carbocycles. The summed E-state index contributed by atoms with van der Waals surface area (Å²) in [5.74, 6) is -0.497. The molecule has 0 spiro atoms. The lowest BCUT2D eigenvalue weighted by Gasteiger charge is -2.37. The number of piperidine rings is 1. The van der Waals surface area contributed by atoms with Gasteiger partial charge in [0.2, 0.25) is 5.91 Å². The average molecular weight is 349 g/mol. The maximum atomic E-state index is 13.9. The number of hydrogen-bond donors (Lipinski definition) is 2. The molecule has 2 aliphatic heterocycles. The standard InChI is InChI=1S/C18H25FN4O2/c19-15-5-1-2-6-16(15)22-8-10-23(11-9-22)17(24)13-21-7-3-4-14(12-21)18(20)25/h1-2,5-6,14H,3-4,7-13H2,(H2,20,25)/p+1/t14-/m1/s1. The highest BCUT2D eigenvalue weighted by Crippen LogP contribution is 2.20. The maximum absolute atomic E-state index is 13.9. The maximum Gasteiger partial charge on any atom is 0.277 e. The number of para-hydroxylation sites is 1. The van der Waals surface area contributed by atoms with Gasteiger partial charge in [-0.2, -0.15) is 0 Å². The van der Waals surface area contributed by atoms with Crippen LogP contribution in [0.4, 0.5) is 10.1 Å². The molecule has 2 saturated heterocycles. The first kappa shape index (κ1) is 17.7. The molecule has 0 aromatic heterocycles. The number of carbonyl (C=O) groups is 2. The summed E-state index contributed by atoms with van der Waals surface area (Å²) in [7, 11) is 0. The molecule has 3 rings (SSSR count). The first-order chi connectivity index (χ1) is 12.0. The van der Waals surface area contributed by atoms with E-state index in [0.29, 0.717) is 45.0 Å². The number of anilines is 1. The van der Waals surface area contributed by atoms with E-state index in [-0.39, 0.29) is 23.5 Å². The molecule has 2 aliphatic rings. The molecule has 7 heteroatoms. The number of amides is 2. The molecule has 1 aromatic rings. The van der Waals surface area contributed by atoms with Crippen LogP contribution in [0.2, 0.25) is 0 Å². The Morgan fingerprint density at radius 3 is 2.60 bits per heavy atom. The van der Waals surface area contributed by atoms with Crippen LogP contribution in [0.5, 0.6) is 0 Å². The number of piperazine rings is 1. The summed E-state index contributed by atoms with van der Waals surface area (Å²) < 4.78 is 13.9.